The Bertz CT molecular complexity index is 635. The Morgan fingerprint density at radius 2 is 1.65 bits per heavy atom. The summed E-state index contributed by atoms with van der Waals surface area (Å²) in [6, 6.07) is 6.11. The summed E-state index contributed by atoms with van der Waals surface area (Å²) >= 11 is 0. The van der Waals surface area contributed by atoms with Gasteiger partial charge in [-0.2, -0.15) is 0 Å². The molecule has 0 unspecified atom stereocenters. The second-order valence-electron chi connectivity index (χ2n) is 5.11. The predicted octanol–water partition coefficient (Wildman–Crippen LogP) is 1.26. The SMILES string of the molecule is CC(C)CCS(=O)(=O)Nc1ccc(CS(N)(=O)=O)cc1. The van der Waals surface area contributed by atoms with E-state index >= 15 is 0 Å². The van der Waals surface area contributed by atoms with Gasteiger partial charge < -0.3 is 0 Å². The lowest BCUT2D eigenvalue weighted by molar-refractivity contribution is 0.578. The number of anilines is 1. The van der Waals surface area contributed by atoms with Crippen LogP contribution < -0.4 is 9.86 Å². The molecule has 1 rings (SSSR count). The number of rotatable bonds is 7. The van der Waals surface area contributed by atoms with Crippen LogP contribution in [0.3, 0.4) is 0 Å². The van der Waals surface area contributed by atoms with Gasteiger partial charge in [-0.3, -0.25) is 4.72 Å². The van der Waals surface area contributed by atoms with Crippen molar-refractivity contribution in [1.29, 1.82) is 0 Å². The molecule has 0 amide bonds. The van der Waals surface area contributed by atoms with Crippen molar-refractivity contribution in [3.8, 4) is 0 Å². The van der Waals surface area contributed by atoms with Crippen LogP contribution in [-0.2, 0) is 25.8 Å². The van der Waals surface area contributed by atoms with Crippen LogP contribution in [0.2, 0.25) is 0 Å². The summed E-state index contributed by atoms with van der Waals surface area (Å²) in [5.41, 5.74) is 0.921. The molecule has 0 fully saturated rings. The normalized spacial score (nSPS) is 12.6. The van der Waals surface area contributed by atoms with Crippen molar-refractivity contribution in [2.24, 2.45) is 11.1 Å². The van der Waals surface area contributed by atoms with Crippen LogP contribution in [0, 0.1) is 5.92 Å². The van der Waals surface area contributed by atoms with Gasteiger partial charge in [-0.15, -0.1) is 0 Å². The zero-order valence-corrected chi connectivity index (χ0v) is 13.2. The van der Waals surface area contributed by atoms with E-state index in [0.717, 1.165) is 0 Å². The fourth-order valence-electron chi connectivity index (χ4n) is 1.52. The molecular formula is C12H20N2O4S2. The van der Waals surface area contributed by atoms with E-state index in [1.165, 1.54) is 24.3 Å². The van der Waals surface area contributed by atoms with Crippen LogP contribution in [0.5, 0.6) is 0 Å². The maximum atomic E-state index is 11.8. The van der Waals surface area contributed by atoms with Crippen LogP contribution in [0.4, 0.5) is 5.69 Å². The van der Waals surface area contributed by atoms with Crippen LogP contribution in [0.15, 0.2) is 24.3 Å². The second-order valence-corrected chi connectivity index (χ2v) is 8.56. The van der Waals surface area contributed by atoms with E-state index in [1.54, 1.807) is 0 Å². The lowest BCUT2D eigenvalue weighted by Gasteiger charge is -2.10. The van der Waals surface area contributed by atoms with E-state index in [2.05, 4.69) is 4.72 Å². The molecule has 0 heterocycles. The Labute approximate surface area is 120 Å². The van der Waals surface area contributed by atoms with Gasteiger partial charge in [0.2, 0.25) is 20.0 Å². The Kier molecular flexibility index (Phi) is 5.55. The number of hydrogen-bond acceptors (Lipinski definition) is 4. The van der Waals surface area contributed by atoms with Crippen molar-refractivity contribution >= 4 is 25.7 Å². The Balaban J connectivity index is 2.70. The third-order valence-corrected chi connectivity index (χ3v) is 4.61. The third-order valence-electron chi connectivity index (χ3n) is 2.56. The van der Waals surface area contributed by atoms with Crippen molar-refractivity contribution in [1.82, 2.24) is 0 Å². The largest absolute Gasteiger partial charge is 0.284 e. The van der Waals surface area contributed by atoms with E-state index in [4.69, 9.17) is 5.14 Å². The zero-order chi connectivity index (χ0) is 15.4. The minimum Gasteiger partial charge on any atom is -0.284 e. The summed E-state index contributed by atoms with van der Waals surface area (Å²) in [5, 5.41) is 4.94. The molecule has 0 radical (unpaired) electrons. The maximum absolute atomic E-state index is 11.8. The number of nitrogens with two attached hydrogens (primary N) is 1. The van der Waals surface area contributed by atoms with Crippen LogP contribution in [0.25, 0.3) is 0 Å². The molecule has 0 aliphatic carbocycles. The summed E-state index contributed by atoms with van der Waals surface area (Å²) in [7, 11) is -6.95. The van der Waals surface area contributed by atoms with E-state index < -0.39 is 20.0 Å². The second kappa shape index (κ2) is 6.55. The van der Waals surface area contributed by atoms with Crippen molar-refractivity contribution in [3.05, 3.63) is 29.8 Å². The summed E-state index contributed by atoms with van der Waals surface area (Å²) in [6.45, 7) is 3.91. The van der Waals surface area contributed by atoms with Gasteiger partial charge in [0, 0.05) is 5.69 Å². The monoisotopic (exact) mass is 320 g/mol. The smallest absolute Gasteiger partial charge is 0.232 e. The molecule has 6 nitrogen and oxygen atoms in total. The third kappa shape index (κ3) is 6.88. The highest BCUT2D eigenvalue weighted by molar-refractivity contribution is 7.92. The molecular weight excluding hydrogens is 300 g/mol. The molecule has 0 aliphatic rings. The van der Waals surface area contributed by atoms with Gasteiger partial charge in [-0.25, -0.2) is 22.0 Å². The fourth-order valence-corrected chi connectivity index (χ4v) is 3.56. The molecule has 0 saturated heterocycles. The highest BCUT2D eigenvalue weighted by atomic mass is 32.2. The number of primary sulfonamides is 1. The lowest BCUT2D eigenvalue weighted by atomic mass is 10.2. The molecule has 0 atom stereocenters. The van der Waals surface area contributed by atoms with Crippen LogP contribution >= 0.6 is 0 Å². The molecule has 0 aromatic heterocycles. The first-order chi connectivity index (χ1) is 9.07. The molecule has 1 aromatic rings. The van der Waals surface area contributed by atoms with Crippen molar-refractivity contribution in [2.75, 3.05) is 10.5 Å². The Morgan fingerprint density at radius 1 is 1.10 bits per heavy atom. The quantitative estimate of drug-likeness (QED) is 0.788. The lowest BCUT2D eigenvalue weighted by Crippen LogP contribution is -2.18. The van der Waals surface area contributed by atoms with E-state index in [0.29, 0.717) is 23.6 Å². The summed E-state index contributed by atoms with van der Waals surface area (Å²) in [4.78, 5) is 0. The van der Waals surface area contributed by atoms with Gasteiger partial charge in [0.15, 0.2) is 0 Å². The topological polar surface area (TPSA) is 106 Å². The van der Waals surface area contributed by atoms with Crippen molar-refractivity contribution in [2.45, 2.75) is 26.0 Å². The molecule has 8 heteroatoms. The summed E-state index contributed by atoms with van der Waals surface area (Å²) in [5.74, 6) is 0.0977. The first-order valence-corrected chi connectivity index (χ1v) is 9.54. The van der Waals surface area contributed by atoms with Crippen LogP contribution in [0.1, 0.15) is 25.8 Å². The average Bonchev–Trinajstić information content (AvgIpc) is 2.27. The minimum absolute atomic E-state index is 0.0591. The van der Waals surface area contributed by atoms with Gasteiger partial charge >= 0.3 is 0 Å². The molecule has 3 N–H and O–H groups in total. The fraction of sp³-hybridized carbons (Fsp3) is 0.500. The van der Waals surface area contributed by atoms with E-state index in [-0.39, 0.29) is 11.5 Å². The van der Waals surface area contributed by atoms with Gasteiger partial charge in [-0.05, 0) is 30.0 Å². The molecule has 0 aliphatic heterocycles. The van der Waals surface area contributed by atoms with E-state index in [9.17, 15) is 16.8 Å². The average molecular weight is 320 g/mol. The predicted molar refractivity (Wildman–Crippen MR) is 80.1 cm³/mol. The zero-order valence-electron chi connectivity index (χ0n) is 11.5. The van der Waals surface area contributed by atoms with Gasteiger partial charge in [-0.1, -0.05) is 26.0 Å². The van der Waals surface area contributed by atoms with Crippen molar-refractivity contribution in [3.63, 3.8) is 0 Å². The molecule has 0 bridgehead atoms. The van der Waals surface area contributed by atoms with Crippen LogP contribution in [-0.4, -0.2) is 22.6 Å². The standard InChI is InChI=1S/C12H20N2O4S2/c1-10(2)7-8-20(17,18)14-12-5-3-11(4-6-12)9-19(13,15)16/h3-6,10,14H,7-9H2,1-2H3,(H2,13,15,16). The number of hydrogen-bond donors (Lipinski definition) is 2. The summed E-state index contributed by atoms with van der Waals surface area (Å²) < 4.78 is 47.9. The Morgan fingerprint density at radius 3 is 2.10 bits per heavy atom. The Hall–Kier alpha value is -1.12. The van der Waals surface area contributed by atoms with E-state index in [1.807, 2.05) is 13.8 Å². The maximum Gasteiger partial charge on any atom is 0.232 e. The number of nitrogens with one attached hydrogen (secondary N) is 1. The molecule has 1 aromatic carbocycles. The summed E-state index contributed by atoms with van der Waals surface area (Å²) in [6.07, 6.45) is 0.582. The highest BCUT2D eigenvalue weighted by Crippen LogP contribution is 2.14. The highest BCUT2D eigenvalue weighted by Gasteiger charge is 2.12. The minimum atomic E-state index is -3.58. The molecule has 114 valence electrons. The first-order valence-electron chi connectivity index (χ1n) is 6.17. The first kappa shape index (κ1) is 16.9. The molecule has 20 heavy (non-hydrogen) atoms. The molecule has 0 saturated carbocycles. The number of benzene rings is 1. The van der Waals surface area contributed by atoms with Gasteiger partial charge in [0.05, 0.1) is 11.5 Å². The number of sulfonamides is 2. The van der Waals surface area contributed by atoms with Gasteiger partial charge in [0.25, 0.3) is 0 Å². The van der Waals surface area contributed by atoms with Gasteiger partial charge in [0.1, 0.15) is 0 Å². The molecule has 0 spiro atoms. The van der Waals surface area contributed by atoms with Crippen molar-refractivity contribution < 1.29 is 16.8 Å².